The number of benzene rings is 1. The third-order valence-corrected chi connectivity index (χ3v) is 6.86. The number of carbonyl (C=O) groups is 2. The summed E-state index contributed by atoms with van der Waals surface area (Å²) in [4.78, 5) is 32.7. The molecule has 0 aromatic heterocycles. The lowest BCUT2D eigenvalue weighted by molar-refractivity contribution is -0.135. The number of nitrogens with one attached hydrogen (secondary N) is 1. The number of hydrogen-bond donors (Lipinski definition) is 1. The van der Waals surface area contributed by atoms with Gasteiger partial charge in [0.1, 0.15) is 5.54 Å². The Morgan fingerprint density at radius 3 is 2.60 bits per heavy atom. The van der Waals surface area contributed by atoms with Crippen molar-refractivity contribution < 1.29 is 9.59 Å². The number of hydrogen-bond acceptors (Lipinski definition) is 4. The molecule has 3 amide bonds. The van der Waals surface area contributed by atoms with Crippen LogP contribution < -0.4 is 5.32 Å². The minimum atomic E-state index is -0.677. The van der Waals surface area contributed by atoms with Gasteiger partial charge in [-0.1, -0.05) is 43.7 Å². The standard InChI is InChI=1S/C24H36N4O2/c1-18(2)15-26-12-9-24(10-13-26)22(29)28(23(30)25-24)21-8-5-11-27(17-21)16-20-7-4-6-19(3)14-20/h4,6-7,14,18,21H,5,8-13,15-17H2,1-3H3,(H,25,30)/t21-/m1/s1. The van der Waals surface area contributed by atoms with Crippen LogP contribution in [-0.4, -0.2) is 70.9 Å². The van der Waals surface area contributed by atoms with Crippen LogP contribution in [0.5, 0.6) is 0 Å². The lowest BCUT2D eigenvalue weighted by Gasteiger charge is -2.39. The summed E-state index contributed by atoms with van der Waals surface area (Å²) < 4.78 is 0. The second-order valence-corrected chi connectivity index (χ2v) is 9.90. The van der Waals surface area contributed by atoms with E-state index in [0.29, 0.717) is 5.92 Å². The van der Waals surface area contributed by atoms with Crippen molar-refractivity contribution in [2.75, 3.05) is 32.7 Å². The Morgan fingerprint density at radius 2 is 1.90 bits per heavy atom. The molecule has 0 radical (unpaired) electrons. The van der Waals surface area contributed by atoms with Crippen LogP contribution in [0.25, 0.3) is 0 Å². The summed E-state index contributed by atoms with van der Waals surface area (Å²) in [7, 11) is 0. The third kappa shape index (κ3) is 4.40. The maximum absolute atomic E-state index is 13.4. The van der Waals surface area contributed by atoms with Crippen molar-refractivity contribution in [1.29, 1.82) is 0 Å². The van der Waals surface area contributed by atoms with Crippen LogP contribution in [-0.2, 0) is 11.3 Å². The Kier molecular flexibility index (Phi) is 6.16. The zero-order valence-corrected chi connectivity index (χ0v) is 18.7. The minimum Gasteiger partial charge on any atom is -0.323 e. The Morgan fingerprint density at radius 1 is 1.13 bits per heavy atom. The first-order chi connectivity index (χ1) is 14.4. The van der Waals surface area contributed by atoms with Gasteiger partial charge in [0.25, 0.3) is 5.91 Å². The quantitative estimate of drug-likeness (QED) is 0.756. The van der Waals surface area contributed by atoms with Gasteiger partial charge in [0.2, 0.25) is 0 Å². The number of nitrogens with zero attached hydrogens (tertiary/aromatic N) is 3. The lowest BCUT2D eigenvalue weighted by atomic mass is 9.86. The first-order valence-corrected chi connectivity index (χ1v) is 11.5. The summed E-state index contributed by atoms with van der Waals surface area (Å²) in [6.45, 7) is 12.0. The summed E-state index contributed by atoms with van der Waals surface area (Å²) >= 11 is 0. The Hall–Kier alpha value is -1.92. The number of imide groups is 1. The maximum Gasteiger partial charge on any atom is 0.325 e. The molecule has 3 heterocycles. The van der Waals surface area contributed by atoms with Crippen molar-refractivity contribution in [2.45, 2.75) is 64.6 Å². The molecule has 3 saturated heterocycles. The molecule has 1 atom stereocenters. The van der Waals surface area contributed by atoms with E-state index in [0.717, 1.165) is 65.0 Å². The maximum atomic E-state index is 13.4. The van der Waals surface area contributed by atoms with E-state index in [1.54, 1.807) is 4.90 Å². The monoisotopic (exact) mass is 412 g/mol. The molecule has 6 nitrogen and oxygen atoms in total. The van der Waals surface area contributed by atoms with Crippen molar-refractivity contribution in [1.82, 2.24) is 20.0 Å². The first kappa shape index (κ1) is 21.3. The normalized spacial score (nSPS) is 25.3. The molecule has 1 N–H and O–H groups in total. The van der Waals surface area contributed by atoms with Crippen LogP contribution in [0.4, 0.5) is 4.79 Å². The molecular formula is C24H36N4O2. The van der Waals surface area contributed by atoms with E-state index in [9.17, 15) is 9.59 Å². The highest BCUT2D eigenvalue weighted by molar-refractivity contribution is 6.07. The topological polar surface area (TPSA) is 55.9 Å². The average Bonchev–Trinajstić information content (AvgIpc) is 2.93. The van der Waals surface area contributed by atoms with Gasteiger partial charge < -0.3 is 10.2 Å². The van der Waals surface area contributed by atoms with E-state index in [1.807, 2.05) is 0 Å². The SMILES string of the molecule is Cc1cccc(CN2CCC[C@@H](N3C(=O)NC4(CCN(CC(C)C)CC4)C3=O)C2)c1. The van der Waals surface area contributed by atoms with E-state index >= 15 is 0 Å². The Balaban J connectivity index is 1.40. The van der Waals surface area contributed by atoms with E-state index in [-0.39, 0.29) is 18.0 Å². The molecular weight excluding hydrogens is 376 g/mol. The first-order valence-electron chi connectivity index (χ1n) is 11.5. The van der Waals surface area contributed by atoms with Crippen LogP contribution in [0, 0.1) is 12.8 Å². The number of carbonyl (C=O) groups excluding carboxylic acids is 2. The van der Waals surface area contributed by atoms with E-state index in [4.69, 9.17) is 0 Å². The van der Waals surface area contributed by atoms with Crippen LogP contribution in [0.3, 0.4) is 0 Å². The highest BCUT2D eigenvalue weighted by Crippen LogP contribution is 2.32. The van der Waals surface area contributed by atoms with Crippen molar-refractivity contribution in [2.24, 2.45) is 5.92 Å². The molecule has 0 saturated carbocycles. The van der Waals surface area contributed by atoms with Crippen LogP contribution in [0.1, 0.15) is 50.7 Å². The molecule has 164 valence electrons. The number of amides is 3. The number of likely N-dealkylation sites (tertiary alicyclic amines) is 2. The van der Waals surface area contributed by atoms with Crippen molar-refractivity contribution in [3.8, 4) is 0 Å². The third-order valence-electron chi connectivity index (χ3n) is 6.86. The van der Waals surface area contributed by atoms with Crippen LogP contribution in [0.15, 0.2) is 24.3 Å². The number of piperidine rings is 2. The molecule has 0 bridgehead atoms. The summed E-state index contributed by atoms with van der Waals surface area (Å²) in [5.74, 6) is 0.630. The summed E-state index contributed by atoms with van der Waals surface area (Å²) in [5, 5.41) is 3.10. The predicted molar refractivity (Wildman–Crippen MR) is 118 cm³/mol. The summed E-state index contributed by atoms with van der Waals surface area (Å²) in [6, 6.07) is 8.38. The zero-order valence-electron chi connectivity index (χ0n) is 18.7. The molecule has 4 rings (SSSR count). The number of urea groups is 1. The van der Waals surface area contributed by atoms with Crippen molar-refractivity contribution in [3.63, 3.8) is 0 Å². The molecule has 1 spiro atoms. The van der Waals surface area contributed by atoms with Gasteiger partial charge in [-0.05, 0) is 50.6 Å². The Labute approximate surface area is 180 Å². The van der Waals surface area contributed by atoms with Gasteiger partial charge in [-0.25, -0.2) is 4.79 Å². The summed E-state index contributed by atoms with van der Waals surface area (Å²) in [6.07, 6.45) is 3.36. The molecule has 6 heteroatoms. The van der Waals surface area contributed by atoms with Crippen molar-refractivity contribution in [3.05, 3.63) is 35.4 Å². The van der Waals surface area contributed by atoms with E-state index < -0.39 is 5.54 Å². The largest absolute Gasteiger partial charge is 0.325 e. The zero-order chi connectivity index (χ0) is 21.3. The van der Waals surface area contributed by atoms with Crippen LogP contribution >= 0.6 is 0 Å². The molecule has 1 aromatic rings. The number of aryl methyl sites for hydroxylation is 1. The molecule has 3 fully saturated rings. The van der Waals surface area contributed by atoms with Gasteiger partial charge in [0, 0.05) is 32.7 Å². The highest BCUT2D eigenvalue weighted by Gasteiger charge is 2.54. The Bertz CT molecular complexity index is 785. The van der Waals surface area contributed by atoms with Gasteiger partial charge in [-0.2, -0.15) is 0 Å². The second-order valence-electron chi connectivity index (χ2n) is 9.90. The van der Waals surface area contributed by atoms with E-state index in [2.05, 4.69) is 60.2 Å². The average molecular weight is 413 g/mol. The molecule has 3 aliphatic rings. The van der Waals surface area contributed by atoms with Gasteiger partial charge in [-0.15, -0.1) is 0 Å². The fourth-order valence-corrected chi connectivity index (χ4v) is 5.40. The predicted octanol–water partition coefficient (Wildman–Crippen LogP) is 3.00. The van der Waals surface area contributed by atoms with E-state index in [1.165, 1.54) is 11.1 Å². The fraction of sp³-hybridized carbons (Fsp3) is 0.667. The fourth-order valence-electron chi connectivity index (χ4n) is 5.40. The van der Waals surface area contributed by atoms with Gasteiger partial charge >= 0.3 is 6.03 Å². The minimum absolute atomic E-state index is 0.0131. The smallest absolute Gasteiger partial charge is 0.323 e. The lowest BCUT2D eigenvalue weighted by Crippen LogP contribution is -2.56. The molecule has 3 aliphatic heterocycles. The second kappa shape index (κ2) is 8.67. The highest BCUT2D eigenvalue weighted by atomic mass is 16.2. The van der Waals surface area contributed by atoms with Gasteiger partial charge in [-0.3, -0.25) is 14.6 Å². The molecule has 0 unspecified atom stereocenters. The number of rotatable bonds is 5. The van der Waals surface area contributed by atoms with Gasteiger partial charge in [0.05, 0.1) is 6.04 Å². The summed E-state index contributed by atoms with van der Waals surface area (Å²) in [5.41, 5.74) is 1.88. The van der Waals surface area contributed by atoms with Crippen molar-refractivity contribution >= 4 is 11.9 Å². The molecule has 30 heavy (non-hydrogen) atoms. The molecule has 0 aliphatic carbocycles. The van der Waals surface area contributed by atoms with Gasteiger partial charge in [0.15, 0.2) is 0 Å². The molecule has 1 aromatic carbocycles. The van der Waals surface area contributed by atoms with Crippen LogP contribution in [0.2, 0.25) is 0 Å².